The number of ether oxygens (including phenoxy) is 2. The number of carboxylic acids is 1. The van der Waals surface area contributed by atoms with E-state index in [9.17, 15) is 4.79 Å². The number of hydrogen-bond acceptors (Lipinski definition) is 4. The molecule has 2 heterocycles. The normalized spacial score (nSPS) is 23.8. The summed E-state index contributed by atoms with van der Waals surface area (Å²) in [5.74, 6) is 0.473. The lowest BCUT2D eigenvalue weighted by Gasteiger charge is -2.48. The topological polar surface area (TPSA) is 59.0 Å². The Hall–Kier alpha value is -1.59. The van der Waals surface area contributed by atoms with Crippen LogP contribution in [0.5, 0.6) is 5.75 Å². The van der Waals surface area contributed by atoms with E-state index in [0.717, 1.165) is 32.0 Å². The summed E-state index contributed by atoms with van der Waals surface area (Å²) >= 11 is 0. The maximum atomic E-state index is 10.5. The van der Waals surface area contributed by atoms with Crippen LogP contribution in [0.4, 0.5) is 0 Å². The van der Waals surface area contributed by atoms with Gasteiger partial charge in [-0.2, -0.15) is 0 Å². The minimum atomic E-state index is -0.914. The predicted molar refractivity (Wildman–Crippen MR) is 73.1 cm³/mol. The lowest BCUT2D eigenvalue weighted by Crippen LogP contribution is -2.62. The summed E-state index contributed by atoms with van der Waals surface area (Å²) in [6.07, 6.45) is 0. The maximum absolute atomic E-state index is 10.5. The molecule has 0 radical (unpaired) electrons. The first-order valence-electron chi connectivity index (χ1n) is 6.86. The Morgan fingerprint density at radius 1 is 1.50 bits per heavy atom. The van der Waals surface area contributed by atoms with Gasteiger partial charge in [0.05, 0.1) is 12.2 Å². The van der Waals surface area contributed by atoms with E-state index in [1.807, 2.05) is 25.1 Å². The van der Waals surface area contributed by atoms with Crippen LogP contribution in [0.15, 0.2) is 24.3 Å². The highest BCUT2D eigenvalue weighted by atomic mass is 16.5. The van der Waals surface area contributed by atoms with Crippen molar-refractivity contribution in [2.45, 2.75) is 18.4 Å². The fourth-order valence-electron chi connectivity index (χ4n) is 3.05. The molecule has 1 N–H and O–H groups in total. The van der Waals surface area contributed by atoms with Crippen LogP contribution >= 0.6 is 0 Å². The van der Waals surface area contributed by atoms with Crippen LogP contribution < -0.4 is 4.74 Å². The highest BCUT2D eigenvalue weighted by Gasteiger charge is 2.41. The van der Waals surface area contributed by atoms with Gasteiger partial charge in [-0.25, -0.2) is 4.79 Å². The van der Waals surface area contributed by atoms with Crippen molar-refractivity contribution in [1.82, 2.24) is 4.90 Å². The number of benzene rings is 1. The summed E-state index contributed by atoms with van der Waals surface area (Å²) < 4.78 is 11.1. The molecule has 0 aromatic heterocycles. The van der Waals surface area contributed by atoms with Gasteiger partial charge in [-0.1, -0.05) is 18.2 Å². The molecule has 2 aliphatic heterocycles. The summed E-state index contributed by atoms with van der Waals surface area (Å²) in [4.78, 5) is 12.8. The SMILES string of the molecule is CC1(OCC(=O)O)CN(CC2COc3ccccc32)C1. The van der Waals surface area contributed by atoms with E-state index in [1.165, 1.54) is 5.56 Å². The molecule has 5 nitrogen and oxygen atoms in total. The first-order valence-corrected chi connectivity index (χ1v) is 6.86. The highest BCUT2D eigenvalue weighted by Crippen LogP contribution is 2.36. The second-order valence-corrected chi connectivity index (χ2v) is 5.85. The van der Waals surface area contributed by atoms with Crippen LogP contribution in [-0.4, -0.2) is 54.4 Å². The largest absolute Gasteiger partial charge is 0.493 e. The van der Waals surface area contributed by atoms with Crippen molar-refractivity contribution < 1.29 is 19.4 Å². The highest BCUT2D eigenvalue weighted by molar-refractivity contribution is 5.68. The van der Waals surface area contributed by atoms with Crippen molar-refractivity contribution in [1.29, 1.82) is 0 Å². The molecule has 0 aliphatic carbocycles. The van der Waals surface area contributed by atoms with Crippen molar-refractivity contribution in [3.05, 3.63) is 29.8 Å². The molecule has 1 aromatic carbocycles. The van der Waals surface area contributed by atoms with Gasteiger partial charge in [-0.15, -0.1) is 0 Å². The molecule has 1 atom stereocenters. The quantitative estimate of drug-likeness (QED) is 0.880. The standard InChI is InChI=1S/C15H19NO4/c1-15(20-8-14(17)18)9-16(10-15)6-11-7-19-13-5-3-2-4-12(11)13/h2-5,11H,6-10H2,1H3,(H,17,18). The summed E-state index contributed by atoms with van der Waals surface area (Å²) in [7, 11) is 0. The molecule has 0 spiro atoms. The van der Waals surface area contributed by atoms with Gasteiger partial charge < -0.3 is 14.6 Å². The average molecular weight is 277 g/mol. The predicted octanol–water partition coefficient (Wildman–Crippen LogP) is 1.34. The van der Waals surface area contributed by atoms with Crippen molar-refractivity contribution in [3.63, 3.8) is 0 Å². The third-order valence-corrected chi connectivity index (χ3v) is 3.94. The van der Waals surface area contributed by atoms with Gasteiger partial charge >= 0.3 is 5.97 Å². The molecule has 108 valence electrons. The Labute approximate surface area is 118 Å². The molecule has 1 unspecified atom stereocenters. The van der Waals surface area contributed by atoms with Crippen molar-refractivity contribution in [2.24, 2.45) is 0 Å². The zero-order valence-electron chi connectivity index (χ0n) is 11.5. The van der Waals surface area contributed by atoms with Gasteiger partial charge in [-0.3, -0.25) is 4.90 Å². The third-order valence-electron chi connectivity index (χ3n) is 3.94. The van der Waals surface area contributed by atoms with Gasteiger partial charge in [-0.05, 0) is 13.0 Å². The molecule has 0 saturated carbocycles. The van der Waals surface area contributed by atoms with E-state index < -0.39 is 5.97 Å². The van der Waals surface area contributed by atoms with Gasteiger partial charge in [0.25, 0.3) is 0 Å². The van der Waals surface area contributed by atoms with E-state index in [1.54, 1.807) is 0 Å². The van der Waals surface area contributed by atoms with Crippen LogP contribution in [0.1, 0.15) is 18.4 Å². The Bertz CT molecular complexity index is 510. The molecule has 3 rings (SSSR count). The van der Waals surface area contributed by atoms with Crippen molar-refractivity contribution in [3.8, 4) is 5.75 Å². The molecular weight excluding hydrogens is 258 g/mol. The Kier molecular flexibility index (Phi) is 3.40. The number of aliphatic carboxylic acids is 1. The van der Waals surface area contributed by atoms with Gasteiger partial charge in [0, 0.05) is 31.1 Å². The summed E-state index contributed by atoms with van der Waals surface area (Å²) in [6, 6.07) is 8.15. The first-order chi connectivity index (χ1) is 9.56. The number of likely N-dealkylation sites (tertiary alicyclic amines) is 1. The zero-order valence-corrected chi connectivity index (χ0v) is 11.5. The van der Waals surface area contributed by atoms with Gasteiger partial charge in [0.15, 0.2) is 0 Å². The van der Waals surface area contributed by atoms with Crippen LogP contribution in [0.3, 0.4) is 0 Å². The summed E-state index contributed by atoms with van der Waals surface area (Å²) in [5, 5.41) is 8.65. The molecule has 20 heavy (non-hydrogen) atoms. The number of carbonyl (C=O) groups is 1. The van der Waals surface area contributed by atoms with Gasteiger partial charge in [0.1, 0.15) is 12.4 Å². The third kappa shape index (κ3) is 2.64. The second kappa shape index (κ2) is 5.07. The lowest BCUT2D eigenvalue weighted by molar-refractivity contribution is -0.165. The molecule has 1 fully saturated rings. The lowest BCUT2D eigenvalue weighted by atomic mass is 9.93. The molecule has 0 bridgehead atoms. The number of fused-ring (bicyclic) bond motifs is 1. The average Bonchev–Trinajstić information content (AvgIpc) is 2.78. The number of hydrogen-bond donors (Lipinski definition) is 1. The van der Waals surface area contributed by atoms with Crippen LogP contribution in [0, 0.1) is 0 Å². The van der Waals surface area contributed by atoms with E-state index in [2.05, 4.69) is 11.0 Å². The molecule has 0 amide bonds. The van der Waals surface area contributed by atoms with Gasteiger partial charge in [0.2, 0.25) is 0 Å². The zero-order chi connectivity index (χ0) is 14.2. The second-order valence-electron chi connectivity index (χ2n) is 5.85. The Balaban J connectivity index is 1.51. The number of rotatable bonds is 5. The summed E-state index contributed by atoms with van der Waals surface area (Å²) in [6.45, 7) is 4.95. The molecule has 1 saturated heterocycles. The number of para-hydroxylation sites is 1. The van der Waals surface area contributed by atoms with E-state index in [4.69, 9.17) is 14.6 Å². The minimum absolute atomic E-state index is 0.223. The van der Waals surface area contributed by atoms with E-state index in [0.29, 0.717) is 5.92 Å². The molecule has 2 aliphatic rings. The summed E-state index contributed by atoms with van der Waals surface area (Å²) in [5.41, 5.74) is 0.949. The Morgan fingerprint density at radius 2 is 2.25 bits per heavy atom. The maximum Gasteiger partial charge on any atom is 0.329 e. The van der Waals surface area contributed by atoms with Crippen LogP contribution in [0.2, 0.25) is 0 Å². The fourth-order valence-corrected chi connectivity index (χ4v) is 3.05. The van der Waals surface area contributed by atoms with E-state index >= 15 is 0 Å². The van der Waals surface area contributed by atoms with Crippen LogP contribution in [0.25, 0.3) is 0 Å². The fraction of sp³-hybridized carbons (Fsp3) is 0.533. The van der Waals surface area contributed by atoms with Crippen LogP contribution in [-0.2, 0) is 9.53 Å². The number of nitrogens with zero attached hydrogens (tertiary/aromatic N) is 1. The smallest absolute Gasteiger partial charge is 0.329 e. The number of carboxylic acid groups (broad SMARTS) is 1. The van der Waals surface area contributed by atoms with Crippen molar-refractivity contribution >= 4 is 5.97 Å². The first kappa shape index (κ1) is 13.4. The molecule has 1 aromatic rings. The van der Waals surface area contributed by atoms with Crippen molar-refractivity contribution in [2.75, 3.05) is 32.8 Å². The monoisotopic (exact) mass is 277 g/mol. The Morgan fingerprint density at radius 3 is 3.00 bits per heavy atom. The molecular formula is C15H19NO4. The van der Waals surface area contributed by atoms with E-state index in [-0.39, 0.29) is 12.2 Å². The molecule has 5 heteroatoms. The minimum Gasteiger partial charge on any atom is -0.493 e.